The second-order valence-electron chi connectivity index (χ2n) is 5.08. The molecule has 0 saturated carbocycles. The molecule has 1 heterocycles. The summed E-state index contributed by atoms with van der Waals surface area (Å²) in [4.78, 5) is 11.3. The summed E-state index contributed by atoms with van der Waals surface area (Å²) in [5.74, 6) is -5.40. The van der Waals surface area contributed by atoms with Gasteiger partial charge in [0, 0.05) is 11.7 Å². The molecule has 10 heteroatoms. The van der Waals surface area contributed by atoms with Gasteiger partial charge in [-0.15, -0.1) is 0 Å². The Bertz CT molecular complexity index is 620. The molecule has 1 atom stereocenters. The fourth-order valence-corrected chi connectivity index (χ4v) is 3.10. The van der Waals surface area contributed by atoms with E-state index in [9.17, 15) is 26.7 Å². The Labute approximate surface area is 144 Å². The van der Waals surface area contributed by atoms with Gasteiger partial charge < -0.3 is 14.2 Å². The van der Waals surface area contributed by atoms with E-state index in [0.717, 1.165) is 0 Å². The van der Waals surface area contributed by atoms with Gasteiger partial charge >= 0.3 is 17.4 Å². The molecule has 0 saturated heterocycles. The Balaban J connectivity index is 2.28. The number of ether oxygens (including phenoxy) is 3. The highest BCUT2D eigenvalue weighted by molar-refractivity contribution is 8.00. The second kappa shape index (κ2) is 7.67. The molecule has 1 unspecified atom stereocenters. The molecule has 1 aromatic rings. The monoisotopic (exact) mass is 386 g/mol. The first kappa shape index (κ1) is 19.6. The van der Waals surface area contributed by atoms with Gasteiger partial charge in [0.25, 0.3) is 0 Å². The number of hydrogen-bond donors (Lipinski definition) is 0. The average molecular weight is 386 g/mol. The number of halogens is 5. The van der Waals surface area contributed by atoms with Gasteiger partial charge in [0.1, 0.15) is 13.2 Å². The zero-order valence-corrected chi connectivity index (χ0v) is 13.9. The third kappa shape index (κ3) is 5.38. The van der Waals surface area contributed by atoms with Crippen molar-refractivity contribution in [3.63, 3.8) is 0 Å². The van der Waals surface area contributed by atoms with E-state index in [0.29, 0.717) is 5.75 Å². The Morgan fingerprint density at radius 2 is 1.84 bits per heavy atom. The molecule has 0 N–H and O–H groups in total. The minimum Gasteiger partial charge on any atom is -0.486 e. The van der Waals surface area contributed by atoms with Crippen LogP contribution in [0.5, 0.6) is 11.5 Å². The molecule has 140 valence electrons. The van der Waals surface area contributed by atoms with E-state index >= 15 is 0 Å². The topological polar surface area (TPSA) is 44.8 Å². The van der Waals surface area contributed by atoms with E-state index in [1.54, 1.807) is 0 Å². The van der Waals surface area contributed by atoms with Gasteiger partial charge in [-0.1, -0.05) is 6.07 Å². The Morgan fingerprint density at radius 1 is 1.20 bits per heavy atom. The molecule has 0 spiro atoms. The Kier molecular flexibility index (Phi) is 6.02. The smallest absolute Gasteiger partial charge is 0.442 e. The second-order valence-corrected chi connectivity index (χ2v) is 6.35. The molecule has 1 aliphatic rings. The SMILES string of the molecule is CCOC(=O)C(F)(F)CC(SC(F)(F)F)c1ccc2c(c1)OCCO2. The maximum absolute atomic E-state index is 13.9. The highest BCUT2D eigenvalue weighted by atomic mass is 32.2. The molecule has 2 rings (SSSR count). The van der Waals surface area contributed by atoms with Gasteiger partial charge in [0.2, 0.25) is 0 Å². The van der Waals surface area contributed by atoms with E-state index in [4.69, 9.17) is 9.47 Å². The highest BCUT2D eigenvalue weighted by Gasteiger charge is 2.46. The zero-order chi connectivity index (χ0) is 18.7. The van der Waals surface area contributed by atoms with Crippen LogP contribution in [0.1, 0.15) is 24.2 Å². The van der Waals surface area contributed by atoms with Crippen LogP contribution in [0.4, 0.5) is 22.0 Å². The number of benzene rings is 1. The summed E-state index contributed by atoms with van der Waals surface area (Å²) in [7, 11) is 0. The van der Waals surface area contributed by atoms with E-state index in [1.165, 1.54) is 25.1 Å². The third-order valence-corrected chi connectivity index (χ3v) is 4.22. The maximum atomic E-state index is 13.9. The molecule has 0 amide bonds. The van der Waals surface area contributed by atoms with Gasteiger partial charge in [0.15, 0.2) is 11.5 Å². The van der Waals surface area contributed by atoms with E-state index in [1.807, 2.05) is 0 Å². The lowest BCUT2D eigenvalue weighted by atomic mass is 10.0. The van der Waals surface area contributed by atoms with Gasteiger partial charge in [-0.2, -0.15) is 22.0 Å². The van der Waals surface area contributed by atoms with Gasteiger partial charge in [0.05, 0.1) is 6.61 Å². The quantitative estimate of drug-likeness (QED) is 0.538. The maximum Gasteiger partial charge on any atom is 0.442 e. The van der Waals surface area contributed by atoms with Crippen LogP contribution in [0, 0.1) is 0 Å². The lowest BCUT2D eigenvalue weighted by Crippen LogP contribution is -2.32. The van der Waals surface area contributed by atoms with Crippen molar-refractivity contribution in [1.82, 2.24) is 0 Å². The van der Waals surface area contributed by atoms with Crippen molar-refractivity contribution in [1.29, 1.82) is 0 Å². The van der Waals surface area contributed by atoms with Crippen LogP contribution >= 0.6 is 11.8 Å². The van der Waals surface area contributed by atoms with Crippen molar-refractivity contribution >= 4 is 17.7 Å². The predicted molar refractivity (Wildman–Crippen MR) is 80.0 cm³/mol. The highest BCUT2D eigenvalue weighted by Crippen LogP contribution is 2.48. The Hall–Kier alpha value is -1.71. The minimum atomic E-state index is -4.76. The molecule has 0 fully saturated rings. The summed E-state index contributed by atoms with van der Waals surface area (Å²) in [5, 5.41) is -1.71. The number of alkyl halides is 5. The number of carbonyl (C=O) groups is 1. The summed E-state index contributed by atoms with van der Waals surface area (Å²) in [6.07, 6.45) is -1.35. The van der Waals surface area contributed by atoms with Gasteiger partial charge in [-0.25, -0.2) is 4.79 Å². The van der Waals surface area contributed by atoms with Crippen LogP contribution in [-0.2, 0) is 9.53 Å². The number of rotatable bonds is 6. The largest absolute Gasteiger partial charge is 0.486 e. The molecule has 0 aliphatic carbocycles. The summed E-state index contributed by atoms with van der Waals surface area (Å²) in [6, 6.07) is 3.83. The van der Waals surface area contributed by atoms with E-state index in [-0.39, 0.29) is 31.1 Å². The number of carbonyl (C=O) groups excluding carboxylic acids is 1. The molecule has 0 bridgehead atoms. The lowest BCUT2D eigenvalue weighted by Gasteiger charge is -2.25. The summed E-state index contributed by atoms with van der Waals surface area (Å²) < 4.78 is 81.0. The normalized spacial score (nSPS) is 15.6. The van der Waals surface area contributed by atoms with Crippen LogP contribution in [0.2, 0.25) is 0 Å². The first-order valence-electron chi connectivity index (χ1n) is 7.31. The molecule has 1 aromatic carbocycles. The summed E-state index contributed by atoms with van der Waals surface area (Å²) in [6.45, 7) is 1.52. The van der Waals surface area contributed by atoms with Crippen molar-refractivity contribution in [3.05, 3.63) is 23.8 Å². The van der Waals surface area contributed by atoms with Crippen molar-refractivity contribution in [2.45, 2.75) is 30.0 Å². The van der Waals surface area contributed by atoms with E-state index in [2.05, 4.69) is 4.74 Å². The predicted octanol–water partition coefficient (Wildman–Crippen LogP) is 4.34. The van der Waals surface area contributed by atoms with Crippen molar-refractivity contribution in [2.75, 3.05) is 19.8 Å². The summed E-state index contributed by atoms with van der Waals surface area (Å²) >= 11 is -0.616. The average Bonchev–Trinajstić information content (AvgIpc) is 2.52. The molecule has 1 aliphatic heterocycles. The third-order valence-electron chi connectivity index (χ3n) is 3.23. The first-order valence-corrected chi connectivity index (χ1v) is 8.19. The number of hydrogen-bond acceptors (Lipinski definition) is 5. The number of esters is 1. The first-order chi connectivity index (χ1) is 11.6. The Morgan fingerprint density at radius 3 is 2.44 bits per heavy atom. The number of fused-ring (bicyclic) bond motifs is 1. The number of thioether (sulfide) groups is 1. The minimum absolute atomic E-state index is 0.0458. The van der Waals surface area contributed by atoms with Crippen LogP contribution in [0.3, 0.4) is 0 Å². The zero-order valence-electron chi connectivity index (χ0n) is 13.1. The van der Waals surface area contributed by atoms with E-state index < -0.39 is 40.8 Å². The molecule has 0 aromatic heterocycles. The molecular formula is C15H15F5O4S. The van der Waals surface area contributed by atoms with Crippen LogP contribution in [0.15, 0.2) is 18.2 Å². The van der Waals surface area contributed by atoms with Gasteiger partial charge in [-0.05, 0) is 36.4 Å². The fraction of sp³-hybridized carbons (Fsp3) is 0.533. The van der Waals surface area contributed by atoms with Crippen LogP contribution in [-0.4, -0.2) is 37.2 Å². The van der Waals surface area contributed by atoms with Crippen molar-refractivity contribution < 1.29 is 41.0 Å². The van der Waals surface area contributed by atoms with Crippen LogP contribution in [0.25, 0.3) is 0 Å². The van der Waals surface area contributed by atoms with Crippen LogP contribution < -0.4 is 9.47 Å². The molecule has 0 radical (unpaired) electrons. The molecule has 25 heavy (non-hydrogen) atoms. The standard InChI is InChI=1S/C15H15F5O4S/c1-2-22-13(21)14(16,17)8-12(25-15(18,19)20)9-3-4-10-11(7-9)24-6-5-23-10/h3-4,7,12H,2,5-6,8H2,1H3. The summed E-state index contributed by atoms with van der Waals surface area (Å²) in [5.41, 5.74) is -4.81. The van der Waals surface area contributed by atoms with Crippen molar-refractivity contribution in [3.8, 4) is 11.5 Å². The van der Waals surface area contributed by atoms with Crippen molar-refractivity contribution in [2.24, 2.45) is 0 Å². The van der Waals surface area contributed by atoms with Gasteiger partial charge in [-0.3, -0.25) is 0 Å². The molecular weight excluding hydrogens is 371 g/mol. The molecule has 4 nitrogen and oxygen atoms in total. The fourth-order valence-electron chi connectivity index (χ4n) is 2.20. The lowest BCUT2D eigenvalue weighted by molar-refractivity contribution is -0.172.